The van der Waals surface area contributed by atoms with Gasteiger partial charge in [-0.05, 0) is 24.6 Å². The lowest BCUT2D eigenvalue weighted by molar-refractivity contribution is -0.385. The van der Waals surface area contributed by atoms with Crippen LogP contribution in [0.3, 0.4) is 0 Å². The molecule has 0 saturated heterocycles. The van der Waals surface area contributed by atoms with Gasteiger partial charge in [-0.2, -0.15) is 0 Å². The third-order valence-electron chi connectivity index (χ3n) is 3.20. The summed E-state index contributed by atoms with van der Waals surface area (Å²) in [6.07, 6.45) is 0.871. The Morgan fingerprint density at radius 1 is 1.04 bits per heavy atom. The van der Waals surface area contributed by atoms with Crippen LogP contribution in [0.5, 0.6) is 11.5 Å². The second kappa shape index (κ2) is 6.65. The summed E-state index contributed by atoms with van der Waals surface area (Å²) in [5.41, 5.74) is -0.412. The highest BCUT2D eigenvalue weighted by Gasteiger charge is 2.22. The lowest BCUT2D eigenvalue weighted by Gasteiger charge is -2.12. The number of aryl methyl sites for hydroxylation is 1. The number of hydrogen-bond acceptors (Lipinski definition) is 7. The number of hydrogen-bond donors (Lipinski definition) is 0. The van der Waals surface area contributed by atoms with E-state index in [9.17, 15) is 28.6 Å². The van der Waals surface area contributed by atoms with Crippen LogP contribution < -0.4 is 4.74 Å². The fraction of sp³-hybridized carbons (Fsp3) is 0.143. The number of nitro benzene ring substituents is 2. The molecule has 2 rings (SSSR count). The molecule has 11 heteroatoms. The van der Waals surface area contributed by atoms with Crippen molar-refractivity contribution in [2.45, 2.75) is 11.8 Å². The molecule has 2 aromatic carbocycles. The molecule has 0 aromatic heterocycles. The molecule has 2 aromatic rings. The summed E-state index contributed by atoms with van der Waals surface area (Å²) in [6, 6.07) is 5.42. The molecule has 0 spiro atoms. The molecule has 9 nitrogen and oxygen atoms in total. The Labute approximate surface area is 147 Å². The second-order valence-corrected chi connectivity index (χ2v) is 7.48. The van der Waals surface area contributed by atoms with Crippen LogP contribution in [-0.2, 0) is 9.84 Å². The van der Waals surface area contributed by atoms with E-state index in [2.05, 4.69) is 0 Å². The maximum absolute atomic E-state index is 11.9. The normalized spacial score (nSPS) is 11.2. The van der Waals surface area contributed by atoms with Crippen molar-refractivity contribution in [2.75, 3.05) is 6.26 Å². The van der Waals surface area contributed by atoms with Gasteiger partial charge in [-0.25, -0.2) is 8.42 Å². The quantitative estimate of drug-likeness (QED) is 0.566. The molecule has 0 atom stereocenters. The average Bonchev–Trinajstić information content (AvgIpc) is 2.48. The first-order valence-corrected chi connectivity index (χ1v) is 8.88. The van der Waals surface area contributed by atoms with Gasteiger partial charge in [0.05, 0.1) is 15.9 Å². The molecule has 0 heterocycles. The van der Waals surface area contributed by atoms with Gasteiger partial charge in [0.1, 0.15) is 21.4 Å². The van der Waals surface area contributed by atoms with Crippen molar-refractivity contribution < 1.29 is 23.0 Å². The van der Waals surface area contributed by atoms with Gasteiger partial charge >= 0.3 is 0 Å². The number of benzene rings is 2. The zero-order chi connectivity index (χ0) is 18.9. The number of non-ortho nitro benzene ring substituents is 1. The minimum atomic E-state index is -3.85. The van der Waals surface area contributed by atoms with Crippen molar-refractivity contribution in [3.8, 4) is 11.5 Å². The van der Waals surface area contributed by atoms with E-state index in [4.69, 9.17) is 16.3 Å². The van der Waals surface area contributed by atoms with E-state index in [1.165, 1.54) is 6.07 Å². The van der Waals surface area contributed by atoms with Crippen molar-refractivity contribution >= 4 is 32.8 Å². The van der Waals surface area contributed by atoms with Crippen LogP contribution in [-0.4, -0.2) is 24.5 Å². The fourth-order valence-corrected chi connectivity index (χ4v) is 3.09. The number of ether oxygens (including phenoxy) is 1. The third kappa shape index (κ3) is 4.03. The van der Waals surface area contributed by atoms with Crippen LogP contribution in [0.1, 0.15) is 5.56 Å². The molecule has 0 aliphatic carbocycles. The molecule has 0 aliphatic heterocycles. The molecular weight excluding hydrogens is 376 g/mol. The monoisotopic (exact) mass is 386 g/mol. The summed E-state index contributed by atoms with van der Waals surface area (Å²) in [5.74, 6) is -0.178. The fourth-order valence-electron chi connectivity index (χ4n) is 1.99. The number of nitrogens with zero attached hydrogens (tertiary/aromatic N) is 2. The molecule has 0 fully saturated rings. The molecule has 0 bridgehead atoms. The Morgan fingerprint density at radius 2 is 1.68 bits per heavy atom. The van der Waals surface area contributed by atoms with Gasteiger partial charge in [0.25, 0.3) is 11.4 Å². The van der Waals surface area contributed by atoms with Gasteiger partial charge in [0.15, 0.2) is 9.84 Å². The van der Waals surface area contributed by atoms with Crippen LogP contribution in [0.2, 0.25) is 5.02 Å². The maximum atomic E-state index is 11.9. The van der Waals surface area contributed by atoms with Crippen molar-refractivity contribution in [1.29, 1.82) is 0 Å². The van der Waals surface area contributed by atoms with E-state index in [1.54, 1.807) is 6.92 Å². The minimum Gasteiger partial charge on any atom is -0.455 e. The SMILES string of the molecule is Cc1cc(Cl)c([N+](=O)[O-])cc1Oc1ccc([N+](=O)[O-])cc1S(C)(=O)=O. The topological polar surface area (TPSA) is 130 Å². The summed E-state index contributed by atoms with van der Waals surface area (Å²) in [4.78, 5) is 20.0. The number of nitro groups is 2. The molecule has 0 saturated carbocycles. The van der Waals surface area contributed by atoms with Crippen molar-refractivity contribution in [3.63, 3.8) is 0 Å². The summed E-state index contributed by atoms with van der Waals surface area (Å²) in [6.45, 7) is 1.57. The Hall–Kier alpha value is -2.72. The first kappa shape index (κ1) is 18.6. The second-order valence-electron chi connectivity index (χ2n) is 5.09. The smallest absolute Gasteiger partial charge is 0.291 e. The Bertz CT molecular complexity index is 989. The Balaban J connectivity index is 2.60. The van der Waals surface area contributed by atoms with Gasteiger partial charge in [-0.1, -0.05) is 11.6 Å². The number of sulfone groups is 1. The highest BCUT2D eigenvalue weighted by atomic mass is 35.5. The van der Waals surface area contributed by atoms with Gasteiger partial charge in [-0.15, -0.1) is 0 Å². The van der Waals surface area contributed by atoms with Crippen LogP contribution in [0, 0.1) is 27.2 Å². The molecule has 0 aliphatic rings. The first-order valence-electron chi connectivity index (χ1n) is 6.61. The largest absolute Gasteiger partial charge is 0.455 e. The zero-order valence-electron chi connectivity index (χ0n) is 12.9. The lowest BCUT2D eigenvalue weighted by atomic mass is 10.2. The maximum Gasteiger partial charge on any atom is 0.291 e. The summed E-state index contributed by atoms with van der Waals surface area (Å²) in [5, 5.41) is 21.7. The summed E-state index contributed by atoms with van der Waals surface area (Å²) < 4.78 is 29.3. The molecule has 0 N–H and O–H groups in total. The lowest BCUT2D eigenvalue weighted by Crippen LogP contribution is -2.02. The summed E-state index contributed by atoms with van der Waals surface area (Å²) >= 11 is 5.79. The molecule has 0 radical (unpaired) electrons. The first-order chi connectivity index (χ1) is 11.5. The van der Waals surface area contributed by atoms with Crippen LogP contribution >= 0.6 is 11.6 Å². The number of halogens is 1. The van der Waals surface area contributed by atoms with E-state index < -0.39 is 36.0 Å². The standard InChI is InChI=1S/C14H11ClN2O7S/c1-8-5-10(15)11(17(20)21)7-13(8)24-12-4-3-9(16(18)19)6-14(12)25(2,22)23/h3-7H,1-2H3. The van der Waals surface area contributed by atoms with Gasteiger partial charge in [0.2, 0.25) is 0 Å². The Morgan fingerprint density at radius 3 is 2.20 bits per heavy atom. The molecule has 0 amide bonds. The number of rotatable bonds is 5. The highest BCUT2D eigenvalue weighted by Crippen LogP contribution is 2.37. The van der Waals surface area contributed by atoms with E-state index in [-0.39, 0.29) is 16.5 Å². The average molecular weight is 387 g/mol. The predicted molar refractivity (Wildman–Crippen MR) is 89.1 cm³/mol. The third-order valence-corrected chi connectivity index (χ3v) is 4.62. The van der Waals surface area contributed by atoms with Gasteiger partial charge in [-0.3, -0.25) is 20.2 Å². The molecule has 132 valence electrons. The van der Waals surface area contributed by atoms with Crippen LogP contribution in [0.4, 0.5) is 11.4 Å². The Kier molecular flexibility index (Phi) is 4.95. The minimum absolute atomic E-state index is 0.00912. The van der Waals surface area contributed by atoms with Crippen molar-refractivity contribution in [3.05, 3.63) is 61.1 Å². The zero-order valence-corrected chi connectivity index (χ0v) is 14.5. The van der Waals surface area contributed by atoms with Gasteiger partial charge in [0, 0.05) is 18.4 Å². The van der Waals surface area contributed by atoms with Crippen LogP contribution in [0.25, 0.3) is 0 Å². The van der Waals surface area contributed by atoms with E-state index in [0.29, 0.717) is 5.56 Å². The van der Waals surface area contributed by atoms with E-state index in [1.807, 2.05) is 0 Å². The van der Waals surface area contributed by atoms with Crippen molar-refractivity contribution in [1.82, 2.24) is 0 Å². The molecule has 0 unspecified atom stereocenters. The van der Waals surface area contributed by atoms with Crippen LogP contribution in [0.15, 0.2) is 35.2 Å². The van der Waals surface area contributed by atoms with E-state index in [0.717, 1.165) is 30.5 Å². The molecular formula is C14H11ClN2O7S. The predicted octanol–water partition coefficient (Wildman–Crippen LogP) is 3.66. The molecule has 25 heavy (non-hydrogen) atoms. The highest BCUT2D eigenvalue weighted by molar-refractivity contribution is 7.90. The van der Waals surface area contributed by atoms with E-state index >= 15 is 0 Å². The van der Waals surface area contributed by atoms with Crippen molar-refractivity contribution in [2.24, 2.45) is 0 Å². The van der Waals surface area contributed by atoms with Gasteiger partial charge < -0.3 is 4.74 Å². The summed E-state index contributed by atoms with van der Waals surface area (Å²) in [7, 11) is -3.85.